The van der Waals surface area contributed by atoms with Gasteiger partial charge in [-0.05, 0) is 72.9 Å². The maximum absolute atomic E-state index is 13.9. The van der Waals surface area contributed by atoms with Gasteiger partial charge in [0.25, 0.3) is 0 Å². The molecule has 0 spiro atoms. The van der Waals surface area contributed by atoms with Gasteiger partial charge < -0.3 is 14.6 Å². The number of fused-ring (bicyclic) bond motifs is 1. The predicted molar refractivity (Wildman–Crippen MR) is 129 cm³/mol. The smallest absolute Gasteiger partial charge is 0.420 e. The fourth-order valence-corrected chi connectivity index (χ4v) is 5.57. The number of halogens is 4. The summed E-state index contributed by atoms with van der Waals surface area (Å²) in [5.74, 6) is -1.34. The van der Waals surface area contributed by atoms with Crippen molar-refractivity contribution < 1.29 is 41.0 Å². The summed E-state index contributed by atoms with van der Waals surface area (Å²) in [6.07, 6.45) is -3.39. The third-order valence-electron chi connectivity index (χ3n) is 5.70. The summed E-state index contributed by atoms with van der Waals surface area (Å²) in [7, 11) is -4.38. The van der Waals surface area contributed by atoms with Crippen LogP contribution < -0.4 is 14.2 Å². The number of carboxylic acids is 1. The highest BCUT2D eigenvalue weighted by Crippen LogP contribution is 2.41. The van der Waals surface area contributed by atoms with E-state index < -0.39 is 51.0 Å². The van der Waals surface area contributed by atoms with E-state index >= 15 is 0 Å². The van der Waals surface area contributed by atoms with Crippen LogP contribution in [0, 0.1) is 0 Å². The molecule has 0 saturated heterocycles. The quantitative estimate of drug-likeness (QED) is 0.355. The number of benzene rings is 3. The number of hydrogen-bond acceptors (Lipinski definition) is 5. The molecule has 0 amide bonds. The lowest BCUT2D eigenvalue weighted by atomic mass is 9.87. The van der Waals surface area contributed by atoms with E-state index in [1.54, 1.807) is 18.2 Å². The van der Waals surface area contributed by atoms with Crippen LogP contribution in [0.5, 0.6) is 17.2 Å². The molecule has 196 valence electrons. The Hall–Kier alpha value is -3.28. The Balaban J connectivity index is 1.63. The van der Waals surface area contributed by atoms with Gasteiger partial charge in [0.1, 0.15) is 17.2 Å². The highest BCUT2D eigenvalue weighted by Gasteiger charge is 2.37. The number of nitrogens with one attached hydrogen (secondary N) is 1. The molecule has 2 N–H and O–H groups in total. The van der Waals surface area contributed by atoms with Crippen LogP contribution in [0.1, 0.15) is 35.6 Å². The molecule has 0 fully saturated rings. The first-order chi connectivity index (χ1) is 17.4. The minimum absolute atomic E-state index is 0.0615. The molecule has 3 aromatic rings. The highest BCUT2D eigenvalue weighted by molar-refractivity contribution is 7.89. The van der Waals surface area contributed by atoms with Crippen molar-refractivity contribution in [3.63, 3.8) is 0 Å². The summed E-state index contributed by atoms with van der Waals surface area (Å²) in [6, 6.07) is 12.4. The molecule has 0 heterocycles. The van der Waals surface area contributed by atoms with Gasteiger partial charge in [0.2, 0.25) is 10.0 Å². The van der Waals surface area contributed by atoms with Crippen molar-refractivity contribution in [1.29, 1.82) is 0 Å². The second kappa shape index (κ2) is 10.6. The maximum Gasteiger partial charge on any atom is 0.420 e. The number of sulfonamides is 1. The lowest BCUT2D eigenvalue weighted by Gasteiger charge is -2.28. The van der Waals surface area contributed by atoms with E-state index in [4.69, 9.17) is 26.2 Å². The molecule has 7 nitrogen and oxygen atoms in total. The molecule has 1 aliphatic carbocycles. The van der Waals surface area contributed by atoms with Gasteiger partial charge in [-0.3, -0.25) is 0 Å². The predicted octanol–water partition coefficient (Wildman–Crippen LogP) is 5.97. The normalized spacial score (nSPS) is 15.6. The molecule has 1 atom stereocenters. The van der Waals surface area contributed by atoms with Crippen LogP contribution >= 0.6 is 11.6 Å². The zero-order valence-electron chi connectivity index (χ0n) is 19.1. The molecule has 0 radical (unpaired) electrons. The van der Waals surface area contributed by atoms with Crippen molar-refractivity contribution in [1.82, 2.24) is 4.72 Å². The fraction of sp³-hybridized carbons (Fsp3) is 0.240. The Kier molecular flexibility index (Phi) is 7.67. The summed E-state index contributed by atoms with van der Waals surface area (Å²) >= 11 is 5.87. The summed E-state index contributed by atoms with van der Waals surface area (Å²) in [6.45, 7) is -0.559. The van der Waals surface area contributed by atoms with E-state index in [1.807, 2.05) is 0 Å². The average molecular weight is 556 g/mol. The van der Waals surface area contributed by atoms with E-state index in [-0.39, 0.29) is 10.8 Å². The fourth-order valence-electron chi connectivity index (χ4n) is 4.11. The zero-order chi connectivity index (χ0) is 26.8. The van der Waals surface area contributed by atoms with Gasteiger partial charge in [-0.2, -0.15) is 13.2 Å². The first-order valence-corrected chi connectivity index (χ1v) is 12.9. The number of hydrogen-bond donors (Lipinski definition) is 2. The van der Waals surface area contributed by atoms with E-state index in [2.05, 4.69) is 4.72 Å². The van der Waals surface area contributed by atoms with Crippen molar-refractivity contribution in [2.24, 2.45) is 0 Å². The van der Waals surface area contributed by atoms with Gasteiger partial charge in [0.15, 0.2) is 6.61 Å². The minimum Gasteiger partial charge on any atom is -0.482 e. The molecule has 0 unspecified atom stereocenters. The van der Waals surface area contributed by atoms with Gasteiger partial charge in [-0.15, -0.1) is 0 Å². The van der Waals surface area contributed by atoms with Crippen LogP contribution in [0.25, 0.3) is 0 Å². The number of alkyl halides is 3. The van der Waals surface area contributed by atoms with E-state index in [9.17, 15) is 26.4 Å². The molecule has 0 bridgehead atoms. The first-order valence-electron chi connectivity index (χ1n) is 11.1. The number of carbonyl (C=O) groups is 1. The largest absolute Gasteiger partial charge is 0.482 e. The number of aliphatic carboxylic acids is 1. The molecule has 37 heavy (non-hydrogen) atoms. The van der Waals surface area contributed by atoms with E-state index in [0.717, 1.165) is 12.1 Å². The van der Waals surface area contributed by atoms with Crippen LogP contribution in [0.2, 0.25) is 5.02 Å². The third kappa shape index (κ3) is 6.35. The summed E-state index contributed by atoms with van der Waals surface area (Å²) < 4.78 is 81.0. The molecule has 12 heteroatoms. The lowest BCUT2D eigenvalue weighted by molar-refractivity contribution is -0.140. The van der Waals surface area contributed by atoms with Crippen molar-refractivity contribution in [3.8, 4) is 17.2 Å². The number of rotatable bonds is 8. The Bertz CT molecular complexity index is 1430. The van der Waals surface area contributed by atoms with Crippen molar-refractivity contribution >= 4 is 27.6 Å². The number of ether oxygens (including phenoxy) is 2. The maximum atomic E-state index is 13.9. The third-order valence-corrected chi connectivity index (χ3v) is 7.41. The molecule has 0 aromatic heterocycles. The second-order valence-electron chi connectivity index (χ2n) is 8.29. The monoisotopic (exact) mass is 555 g/mol. The first kappa shape index (κ1) is 26.8. The van der Waals surface area contributed by atoms with Gasteiger partial charge >= 0.3 is 12.1 Å². The zero-order valence-corrected chi connectivity index (χ0v) is 20.7. The van der Waals surface area contributed by atoms with Gasteiger partial charge in [-0.1, -0.05) is 29.8 Å². The van der Waals surface area contributed by atoms with Crippen molar-refractivity contribution in [2.45, 2.75) is 36.4 Å². The van der Waals surface area contributed by atoms with Gasteiger partial charge in [0.05, 0.1) is 10.5 Å². The standard InChI is InChI=1S/C25H21ClF3NO6S/c26-15-4-1-5-16(12-15)36-23-11-10-17(13-20(23)25(27,28)29)37(33,34)30-21-8-2-7-19-18(21)6-3-9-22(19)35-14-24(31)32/h1,3-6,9-13,21,30H,2,7-8,14H2,(H,31,32)/t21-/m1/s1. The van der Waals surface area contributed by atoms with Crippen molar-refractivity contribution in [3.05, 3.63) is 82.4 Å². The summed E-state index contributed by atoms with van der Waals surface area (Å²) in [5.41, 5.74) is -0.0256. The Morgan fingerprint density at radius 3 is 2.54 bits per heavy atom. The average Bonchev–Trinajstić information content (AvgIpc) is 2.82. The molecular weight excluding hydrogens is 535 g/mol. The Morgan fingerprint density at radius 1 is 1.08 bits per heavy atom. The minimum atomic E-state index is -4.90. The SMILES string of the molecule is O=C(O)COc1cccc2c1CCC[C@H]2NS(=O)(=O)c1ccc(Oc2cccc(Cl)c2)c(C(F)(F)F)c1. The van der Waals surface area contributed by atoms with Crippen LogP contribution in [-0.2, 0) is 27.4 Å². The molecular formula is C25H21ClF3NO6S. The topological polar surface area (TPSA) is 102 Å². The Morgan fingerprint density at radius 2 is 1.84 bits per heavy atom. The molecule has 3 aromatic carbocycles. The van der Waals surface area contributed by atoms with Crippen LogP contribution in [0.3, 0.4) is 0 Å². The molecule has 4 rings (SSSR count). The summed E-state index contributed by atoms with van der Waals surface area (Å²) in [4.78, 5) is 10.3. The van der Waals surface area contributed by atoms with Crippen LogP contribution in [0.15, 0.2) is 65.6 Å². The molecule has 0 aliphatic heterocycles. The summed E-state index contributed by atoms with van der Waals surface area (Å²) in [5, 5.41) is 9.15. The van der Waals surface area contributed by atoms with Crippen LogP contribution in [0.4, 0.5) is 13.2 Å². The number of carboxylic acid groups (broad SMARTS) is 1. The van der Waals surface area contributed by atoms with Gasteiger partial charge in [-0.25, -0.2) is 17.9 Å². The van der Waals surface area contributed by atoms with E-state index in [1.165, 1.54) is 24.3 Å². The highest BCUT2D eigenvalue weighted by atomic mass is 35.5. The molecule has 1 aliphatic rings. The molecule has 0 saturated carbocycles. The van der Waals surface area contributed by atoms with Crippen LogP contribution in [-0.4, -0.2) is 26.1 Å². The van der Waals surface area contributed by atoms with Gasteiger partial charge in [0, 0.05) is 11.1 Å². The van der Waals surface area contributed by atoms with E-state index in [0.29, 0.717) is 42.2 Å². The second-order valence-corrected chi connectivity index (χ2v) is 10.4. The Labute approximate surface area is 215 Å². The van der Waals surface area contributed by atoms with Crippen molar-refractivity contribution in [2.75, 3.05) is 6.61 Å². The lowest BCUT2D eigenvalue weighted by Crippen LogP contribution is -2.31.